The van der Waals surface area contributed by atoms with Gasteiger partial charge in [-0.25, -0.2) is 0 Å². The first-order chi connectivity index (χ1) is 11.2. The van der Waals surface area contributed by atoms with Crippen molar-refractivity contribution < 1.29 is 0 Å². The zero-order valence-electron chi connectivity index (χ0n) is 13.0. The van der Waals surface area contributed by atoms with E-state index >= 15 is 0 Å². The van der Waals surface area contributed by atoms with Crippen molar-refractivity contribution in [2.24, 2.45) is 0 Å². The van der Waals surface area contributed by atoms with Crippen molar-refractivity contribution in [1.29, 1.82) is 0 Å². The lowest BCUT2D eigenvalue weighted by molar-refractivity contribution is 0.242. The third kappa shape index (κ3) is 4.69. The smallest absolute Gasteiger partial charge is 0.174 e. The van der Waals surface area contributed by atoms with E-state index in [2.05, 4.69) is 27.7 Å². The Labute approximate surface area is 152 Å². The number of halogens is 1. The van der Waals surface area contributed by atoms with E-state index in [9.17, 15) is 0 Å². The molecule has 122 valence electrons. The Hall–Kier alpha value is -1.10. The van der Waals surface area contributed by atoms with Gasteiger partial charge in [-0.1, -0.05) is 36.9 Å². The molecule has 1 heterocycles. The average Bonchev–Trinajstić information content (AvgIpc) is 3.09. The van der Waals surface area contributed by atoms with E-state index in [0.29, 0.717) is 6.04 Å². The van der Waals surface area contributed by atoms with E-state index < -0.39 is 0 Å². The van der Waals surface area contributed by atoms with Gasteiger partial charge in [-0.3, -0.25) is 0 Å². The number of thiocarbonyl (C=S) groups is 1. The van der Waals surface area contributed by atoms with Crippen LogP contribution in [0.2, 0.25) is 5.02 Å². The number of nitrogens with one attached hydrogen (secondary N) is 1. The fourth-order valence-electron chi connectivity index (χ4n) is 3.06. The molecule has 0 unspecified atom stereocenters. The fraction of sp³-hybridized carbons (Fsp3) is 0.389. The molecule has 1 aromatic heterocycles. The zero-order chi connectivity index (χ0) is 16.1. The van der Waals surface area contributed by atoms with Crippen LogP contribution in [0, 0.1) is 0 Å². The SMILES string of the molecule is S=C(Nc1ccc(Cl)cc1)N(Cc1cccs1)C1CCCCC1. The van der Waals surface area contributed by atoms with Crippen LogP contribution in [0.4, 0.5) is 5.69 Å². The Morgan fingerprint density at radius 3 is 2.57 bits per heavy atom. The summed E-state index contributed by atoms with van der Waals surface area (Å²) in [5.41, 5.74) is 0.992. The van der Waals surface area contributed by atoms with E-state index in [4.69, 9.17) is 23.8 Å². The van der Waals surface area contributed by atoms with Crippen molar-refractivity contribution in [2.45, 2.75) is 44.7 Å². The van der Waals surface area contributed by atoms with Gasteiger partial charge in [-0.15, -0.1) is 11.3 Å². The third-order valence-corrected chi connectivity index (χ3v) is 5.73. The summed E-state index contributed by atoms with van der Waals surface area (Å²) in [5.74, 6) is 0. The average molecular weight is 365 g/mol. The summed E-state index contributed by atoms with van der Waals surface area (Å²) >= 11 is 13.5. The van der Waals surface area contributed by atoms with Crippen LogP contribution in [0.3, 0.4) is 0 Å². The molecule has 0 amide bonds. The summed E-state index contributed by atoms with van der Waals surface area (Å²) in [5, 5.41) is 7.06. The van der Waals surface area contributed by atoms with Gasteiger partial charge in [0, 0.05) is 21.6 Å². The molecular weight excluding hydrogens is 344 g/mol. The Morgan fingerprint density at radius 2 is 1.91 bits per heavy atom. The van der Waals surface area contributed by atoms with Crippen LogP contribution >= 0.6 is 35.2 Å². The van der Waals surface area contributed by atoms with Gasteiger partial charge < -0.3 is 10.2 Å². The minimum Gasteiger partial charge on any atom is -0.341 e. The van der Waals surface area contributed by atoms with E-state index in [-0.39, 0.29) is 0 Å². The molecule has 0 atom stereocenters. The fourth-order valence-corrected chi connectivity index (χ4v) is 4.22. The first-order valence-corrected chi connectivity index (χ1v) is 9.74. The van der Waals surface area contributed by atoms with Gasteiger partial charge in [0.05, 0.1) is 6.54 Å². The molecule has 3 rings (SSSR count). The molecule has 1 aliphatic rings. The second-order valence-electron chi connectivity index (χ2n) is 5.94. The second-order valence-corrected chi connectivity index (χ2v) is 7.79. The third-order valence-electron chi connectivity index (χ3n) is 4.28. The standard InChI is InChI=1S/C18H21ClN2S2/c19-14-8-10-15(11-9-14)20-18(22)21(13-17-7-4-12-23-17)16-5-2-1-3-6-16/h4,7-12,16H,1-3,5-6,13H2,(H,20,22). The highest BCUT2D eigenvalue weighted by Crippen LogP contribution is 2.26. The quantitative estimate of drug-likeness (QED) is 0.676. The van der Waals surface area contributed by atoms with Crippen molar-refractivity contribution >= 4 is 46.0 Å². The number of hydrogen-bond donors (Lipinski definition) is 1. The van der Waals surface area contributed by atoms with E-state index in [0.717, 1.165) is 22.4 Å². The predicted octanol–water partition coefficient (Wildman–Crippen LogP) is 5.93. The predicted molar refractivity (Wildman–Crippen MR) is 104 cm³/mol. The van der Waals surface area contributed by atoms with Gasteiger partial charge >= 0.3 is 0 Å². The van der Waals surface area contributed by atoms with Crippen LogP contribution in [0.25, 0.3) is 0 Å². The molecule has 0 aliphatic heterocycles. The van der Waals surface area contributed by atoms with Crippen molar-refractivity contribution in [3.63, 3.8) is 0 Å². The van der Waals surface area contributed by atoms with Crippen LogP contribution < -0.4 is 5.32 Å². The largest absolute Gasteiger partial charge is 0.341 e. The van der Waals surface area contributed by atoms with Crippen LogP contribution in [0.5, 0.6) is 0 Å². The van der Waals surface area contributed by atoms with Gasteiger partial charge in [-0.2, -0.15) is 0 Å². The van der Waals surface area contributed by atoms with Crippen molar-refractivity contribution in [3.8, 4) is 0 Å². The van der Waals surface area contributed by atoms with E-state index in [1.54, 1.807) is 11.3 Å². The van der Waals surface area contributed by atoms with Gasteiger partial charge in [0.2, 0.25) is 0 Å². The maximum atomic E-state index is 5.96. The van der Waals surface area contributed by atoms with E-state index in [1.807, 2.05) is 24.3 Å². The molecule has 23 heavy (non-hydrogen) atoms. The maximum Gasteiger partial charge on any atom is 0.174 e. The number of nitrogens with zero attached hydrogens (tertiary/aromatic N) is 1. The van der Waals surface area contributed by atoms with Crippen LogP contribution in [0.1, 0.15) is 37.0 Å². The zero-order valence-corrected chi connectivity index (χ0v) is 15.4. The Balaban J connectivity index is 1.72. The van der Waals surface area contributed by atoms with Crippen LogP contribution in [0.15, 0.2) is 41.8 Å². The molecule has 5 heteroatoms. The summed E-state index contributed by atoms with van der Waals surface area (Å²) in [7, 11) is 0. The summed E-state index contributed by atoms with van der Waals surface area (Å²) < 4.78 is 0. The van der Waals surface area contributed by atoms with Crippen LogP contribution in [-0.4, -0.2) is 16.1 Å². The molecule has 1 saturated carbocycles. The number of thiophene rings is 1. The highest BCUT2D eigenvalue weighted by atomic mass is 35.5. The van der Waals surface area contributed by atoms with Gasteiger partial charge in [0.25, 0.3) is 0 Å². The van der Waals surface area contributed by atoms with Crippen molar-refractivity contribution in [1.82, 2.24) is 4.90 Å². The Morgan fingerprint density at radius 1 is 1.17 bits per heavy atom. The highest BCUT2D eigenvalue weighted by molar-refractivity contribution is 7.80. The molecule has 0 spiro atoms. The van der Waals surface area contributed by atoms with E-state index in [1.165, 1.54) is 37.0 Å². The van der Waals surface area contributed by atoms with Crippen molar-refractivity contribution in [2.75, 3.05) is 5.32 Å². The molecule has 2 aromatic rings. The summed E-state index contributed by atoms with van der Waals surface area (Å²) in [6, 6.07) is 12.5. The first-order valence-electron chi connectivity index (χ1n) is 8.08. The number of anilines is 1. The molecule has 2 nitrogen and oxygen atoms in total. The monoisotopic (exact) mass is 364 g/mol. The lowest BCUT2D eigenvalue weighted by Gasteiger charge is -2.36. The summed E-state index contributed by atoms with van der Waals surface area (Å²) in [6.45, 7) is 0.891. The molecule has 1 aromatic carbocycles. The lowest BCUT2D eigenvalue weighted by Crippen LogP contribution is -2.43. The Bertz CT molecular complexity index is 619. The number of hydrogen-bond acceptors (Lipinski definition) is 2. The molecule has 0 radical (unpaired) electrons. The highest BCUT2D eigenvalue weighted by Gasteiger charge is 2.23. The van der Waals surface area contributed by atoms with Gasteiger partial charge in [-0.05, 0) is 60.8 Å². The summed E-state index contributed by atoms with van der Waals surface area (Å²) in [4.78, 5) is 3.73. The minimum atomic E-state index is 0.540. The molecule has 1 fully saturated rings. The molecule has 0 bridgehead atoms. The topological polar surface area (TPSA) is 15.3 Å². The normalized spacial score (nSPS) is 15.3. The summed E-state index contributed by atoms with van der Waals surface area (Å²) in [6.07, 6.45) is 6.41. The first kappa shape index (κ1) is 16.7. The molecule has 0 saturated heterocycles. The van der Waals surface area contributed by atoms with Crippen molar-refractivity contribution in [3.05, 3.63) is 51.7 Å². The van der Waals surface area contributed by atoms with Gasteiger partial charge in [0.1, 0.15) is 0 Å². The molecule has 1 aliphatic carbocycles. The van der Waals surface area contributed by atoms with Crippen LogP contribution in [-0.2, 0) is 6.54 Å². The lowest BCUT2D eigenvalue weighted by atomic mass is 9.94. The van der Waals surface area contributed by atoms with Gasteiger partial charge in [0.15, 0.2) is 5.11 Å². The number of benzene rings is 1. The molecular formula is C18H21ClN2S2. The Kier molecular flexibility index (Phi) is 5.92. The maximum absolute atomic E-state index is 5.96. The molecule has 1 N–H and O–H groups in total. The minimum absolute atomic E-state index is 0.540. The number of rotatable bonds is 4. The second kappa shape index (κ2) is 8.13.